The highest BCUT2D eigenvalue weighted by molar-refractivity contribution is 8.15. The van der Waals surface area contributed by atoms with Crippen LogP contribution in [0.3, 0.4) is 0 Å². The summed E-state index contributed by atoms with van der Waals surface area (Å²) in [4.78, 5) is 32.7. The first kappa shape index (κ1) is 25.3. The van der Waals surface area contributed by atoms with Gasteiger partial charge in [0.2, 0.25) is 11.8 Å². The van der Waals surface area contributed by atoms with E-state index in [1.165, 1.54) is 11.8 Å². The fraction of sp³-hybridized carbons (Fsp3) is 0.250. The molecule has 3 aromatic carbocycles. The maximum atomic E-state index is 13.2. The van der Waals surface area contributed by atoms with E-state index in [0.717, 1.165) is 23.5 Å². The zero-order chi connectivity index (χ0) is 25.3. The number of thioether (sulfide) groups is 1. The molecule has 4 rings (SSSR count). The standard InChI is InChI=1S/C28H29N3O4S/c1-3-17-35-24-15-11-21(12-16-24)29-27(33)25-18-26(32)31(19-20-7-5-4-6-8-20)28(36-25)30-22-9-13-23(34-2)14-10-22/h4-16,25H,3,17-19H2,1-2H3,(H,29,33)/t25-/m1/s1. The predicted molar refractivity (Wildman–Crippen MR) is 144 cm³/mol. The molecule has 1 aliphatic heterocycles. The van der Waals surface area contributed by atoms with Crippen molar-refractivity contribution in [2.75, 3.05) is 19.0 Å². The predicted octanol–water partition coefficient (Wildman–Crippen LogP) is 5.64. The number of methoxy groups -OCH3 is 1. The number of amidine groups is 1. The second kappa shape index (κ2) is 12.3. The van der Waals surface area contributed by atoms with Crippen LogP contribution in [0.1, 0.15) is 25.3 Å². The fourth-order valence-corrected chi connectivity index (χ4v) is 4.71. The van der Waals surface area contributed by atoms with Crippen molar-refractivity contribution in [3.8, 4) is 11.5 Å². The van der Waals surface area contributed by atoms with E-state index in [2.05, 4.69) is 5.32 Å². The van der Waals surface area contributed by atoms with Crippen LogP contribution in [0.4, 0.5) is 11.4 Å². The van der Waals surface area contributed by atoms with Crippen LogP contribution in [-0.2, 0) is 16.1 Å². The molecule has 0 aliphatic carbocycles. The molecule has 186 valence electrons. The van der Waals surface area contributed by atoms with Crippen molar-refractivity contribution >= 4 is 40.1 Å². The number of aliphatic imine (C=N–C) groups is 1. The Hall–Kier alpha value is -3.78. The van der Waals surface area contributed by atoms with Gasteiger partial charge in [0.25, 0.3) is 0 Å². The molecule has 0 unspecified atom stereocenters. The Morgan fingerprint density at radius 2 is 1.72 bits per heavy atom. The molecule has 0 spiro atoms. The lowest BCUT2D eigenvalue weighted by Gasteiger charge is -2.32. The van der Waals surface area contributed by atoms with Gasteiger partial charge >= 0.3 is 0 Å². The molecule has 1 N–H and O–H groups in total. The van der Waals surface area contributed by atoms with Gasteiger partial charge in [-0.15, -0.1) is 0 Å². The second-order valence-electron chi connectivity index (χ2n) is 8.23. The van der Waals surface area contributed by atoms with Gasteiger partial charge < -0.3 is 14.8 Å². The zero-order valence-corrected chi connectivity index (χ0v) is 21.2. The average Bonchev–Trinajstić information content (AvgIpc) is 2.91. The van der Waals surface area contributed by atoms with Crippen LogP contribution in [0.5, 0.6) is 11.5 Å². The van der Waals surface area contributed by atoms with Crippen LogP contribution in [0.15, 0.2) is 83.9 Å². The highest BCUT2D eigenvalue weighted by atomic mass is 32.2. The van der Waals surface area contributed by atoms with E-state index in [4.69, 9.17) is 14.5 Å². The number of anilines is 1. The Morgan fingerprint density at radius 3 is 2.39 bits per heavy atom. The molecular formula is C28H29N3O4S. The number of rotatable bonds is 9. The van der Waals surface area contributed by atoms with Gasteiger partial charge in [-0.25, -0.2) is 4.99 Å². The number of carbonyl (C=O) groups is 2. The smallest absolute Gasteiger partial charge is 0.238 e. The first-order valence-corrected chi connectivity index (χ1v) is 12.7. The summed E-state index contributed by atoms with van der Waals surface area (Å²) in [5.41, 5.74) is 2.31. The van der Waals surface area contributed by atoms with E-state index in [-0.39, 0.29) is 18.2 Å². The minimum absolute atomic E-state index is 0.0860. The first-order chi connectivity index (χ1) is 17.6. The van der Waals surface area contributed by atoms with E-state index in [1.807, 2.05) is 73.7 Å². The lowest BCUT2D eigenvalue weighted by molar-refractivity contribution is -0.129. The van der Waals surface area contributed by atoms with Crippen molar-refractivity contribution < 1.29 is 19.1 Å². The second-order valence-corrected chi connectivity index (χ2v) is 9.40. The first-order valence-electron chi connectivity index (χ1n) is 11.8. The third-order valence-electron chi connectivity index (χ3n) is 5.51. The summed E-state index contributed by atoms with van der Waals surface area (Å²) >= 11 is 1.30. The van der Waals surface area contributed by atoms with Gasteiger partial charge in [-0.2, -0.15) is 0 Å². The highest BCUT2D eigenvalue weighted by Gasteiger charge is 2.36. The fourth-order valence-electron chi connectivity index (χ4n) is 3.61. The summed E-state index contributed by atoms with van der Waals surface area (Å²) in [6, 6.07) is 24.3. The van der Waals surface area contributed by atoms with Crippen LogP contribution in [-0.4, -0.2) is 40.8 Å². The van der Waals surface area contributed by atoms with Crippen LogP contribution >= 0.6 is 11.8 Å². The molecule has 7 nitrogen and oxygen atoms in total. The maximum absolute atomic E-state index is 13.2. The molecule has 36 heavy (non-hydrogen) atoms. The number of nitrogens with one attached hydrogen (secondary N) is 1. The van der Waals surface area contributed by atoms with Gasteiger partial charge in [0.1, 0.15) is 16.7 Å². The lowest BCUT2D eigenvalue weighted by Crippen LogP contribution is -2.44. The highest BCUT2D eigenvalue weighted by Crippen LogP contribution is 2.31. The minimum atomic E-state index is -0.600. The molecule has 1 fully saturated rings. The summed E-state index contributed by atoms with van der Waals surface area (Å²) < 4.78 is 10.8. The molecule has 3 aromatic rings. The maximum Gasteiger partial charge on any atom is 0.238 e. The topological polar surface area (TPSA) is 80.2 Å². The van der Waals surface area contributed by atoms with Gasteiger partial charge in [0.15, 0.2) is 5.17 Å². The number of benzene rings is 3. The monoisotopic (exact) mass is 503 g/mol. The number of carbonyl (C=O) groups excluding carboxylic acids is 2. The van der Waals surface area contributed by atoms with Crippen LogP contribution < -0.4 is 14.8 Å². The third-order valence-corrected chi connectivity index (χ3v) is 6.70. The normalized spacial score (nSPS) is 16.6. The SMILES string of the molecule is CCCOc1ccc(NC(=O)[C@H]2CC(=O)N(Cc3ccccc3)C(=Nc3ccc(OC)cc3)S2)cc1. The summed E-state index contributed by atoms with van der Waals surface area (Å²) in [5, 5.41) is 2.81. The van der Waals surface area contributed by atoms with E-state index >= 15 is 0 Å². The van der Waals surface area contributed by atoms with Gasteiger partial charge in [-0.3, -0.25) is 14.5 Å². The third kappa shape index (κ3) is 6.66. The van der Waals surface area contributed by atoms with E-state index in [0.29, 0.717) is 29.7 Å². The molecule has 2 amide bonds. The van der Waals surface area contributed by atoms with E-state index in [9.17, 15) is 9.59 Å². The Bertz CT molecular complexity index is 1200. The zero-order valence-electron chi connectivity index (χ0n) is 20.3. The van der Waals surface area contributed by atoms with Gasteiger partial charge in [0, 0.05) is 12.1 Å². The molecule has 0 saturated carbocycles. The number of amides is 2. The van der Waals surface area contributed by atoms with Gasteiger partial charge in [-0.1, -0.05) is 49.0 Å². The number of hydrogen-bond acceptors (Lipinski definition) is 6. The van der Waals surface area contributed by atoms with Crippen molar-refractivity contribution in [3.05, 3.63) is 84.4 Å². The molecule has 1 heterocycles. The van der Waals surface area contributed by atoms with Crippen LogP contribution in [0.25, 0.3) is 0 Å². The number of ether oxygens (including phenoxy) is 2. The molecule has 8 heteroatoms. The average molecular weight is 504 g/mol. The summed E-state index contributed by atoms with van der Waals surface area (Å²) in [7, 11) is 1.60. The minimum Gasteiger partial charge on any atom is -0.497 e. The number of nitrogens with zero attached hydrogens (tertiary/aromatic N) is 2. The molecular weight excluding hydrogens is 474 g/mol. The van der Waals surface area contributed by atoms with Crippen LogP contribution in [0.2, 0.25) is 0 Å². The molecule has 1 aliphatic rings. The van der Waals surface area contributed by atoms with Crippen LogP contribution in [0, 0.1) is 0 Å². The Labute approximate surface area is 215 Å². The van der Waals surface area contributed by atoms with Crippen molar-refractivity contribution in [2.45, 2.75) is 31.6 Å². The molecule has 1 atom stereocenters. The molecule has 1 saturated heterocycles. The summed E-state index contributed by atoms with van der Waals surface area (Å²) in [6.07, 6.45) is 1.01. The Balaban J connectivity index is 1.52. The molecule has 0 radical (unpaired) electrons. The van der Waals surface area contributed by atoms with Gasteiger partial charge in [0.05, 0.1) is 25.9 Å². The van der Waals surface area contributed by atoms with E-state index in [1.54, 1.807) is 24.1 Å². The summed E-state index contributed by atoms with van der Waals surface area (Å²) in [5.74, 6) is 1.09. The Kier molecular flexibility index (Phi) is 8.62. The lowest BCUT2D eigenvalue weighted by atomic mass is 10.2. The van der Waals surface area contributed by atoms with Crippen molar-refractivity contribution in [1.82, 2.24) is 4.90 Å². The van der Waals surface area contributed by atoms with E-state index < -0.39 is 5.25 Å². The Morgan fingerprint density at radius 1 is 1.03 bits per heavy atom. The summed E-state index contributed by atoms with van der Waals surface area (Å²) in [6.45, 7) is 3.07. The largest absolute Gasteiger partial charge is 0.497 e. The molecule has 0 bridgehead atoms. The quantitative estimate of drug-likeness (QED) is 0.409. The van der Waals surface area contributed by atoms with Crippen molar-refractivity contribution in [3.63, 3.8) is 0 Å². The van der Waals surface area contributed by atoms with Gasteiger partial charge in [-0.05, 0) is 60.5 Å². The number of hydrogen-bond donors (Lipinski definition) is 1. The van der Waals surface area contributed by atoms with Crippen molar-refractivity contribution in [1.29, 1.82) is 0 Å². The molecule has 0 aromatic heterocycles. The van der Waals surface area contributed by atoms with Crippen molar-refractivity contribution in [2.24, 2.45) is 4.99 Å².